The van der Waals surface area contributed by atoms with Gasteiger partial charge in [0, 0.05) is 12.0 Å². The molecule has 0 amide bonds. The van der Waals surface area contributed by atoms with Crippen molar-refractivity contribution in [2.45, 2.75) is 6.42 Å². The molecule has 1 aliphatic rings. The molecule has 3 nitrogen and oxygen atoms in total. The third-order valence-corrected chi connectivity index (χ3v) is 3.44. The first-order valence-electron chi connectivity index (χ1n) is 6.74. The van der Waals surface area contributed by atoms with Crippen LogP contribution in [-0.4, -0.2) is 12.4 Å². The maximum absolute atomic E-state index is 12.2. The largest absolute Gasteiger partial charge is 0.493 e. The molecule has 0 saturated carbocycles. The molecule has 0 fully saturated rings. The predicted octanol–water partition coefficient (Wildman–Crippen LogP) is 3.39. The van der Waals surface area contributed by atoms with Gasteiger partial charge in [0.2, 0.25) is 0 Å². The summed E-state index contributed by atoms with van der Waals surface area (Å²) < 4.78 is 5.43. The minimum absolute atomic E-state index is 0.0333. The van der Waals surface area contributed by atoms with E-state index >= 15 is 0 Å². The van der Waals surface area contributed by atoms with Gasteiger partial charge in [-0.2, -0.15) is 5.26 Å². The zero-order valence-corrected chi connectivity index (χ0v) is 11.4. The SMILES string of the molecule is N#Cc1ccc(C=CC(=O)c2ccc3c(c2)CCO3)cc1. The molecule has 0 spiro atoms. The minimum Gasteiger partial charge on any atom is -0.493 e. The van der Waals surface area contributed by atoms with E-state index in [0.717, 1.165) is 23.3 Å². The summed E-state index contributed by atoms with van der Waals surface area (Å²) >= 11 is 0. The van der Waals surface area contributed by atoms with Crippen molar-refractivity contribution >= 4 is 11.9 Å². The smallest absolute Gasteiger partial charge is 0.185 e. The molecule has 0 unspecified atom stereocenters. The third kappa shape index (κ3) is 2.85. The van der Waals surface area contributed by atoms with Crippen LogP contribution in [0.15, 0.2) is 48.5 Å². The van der Waals surface area contributed by atoms with Gasteiger partial charge in [-0.1, -0.05) is 18.2 Å². The number of benzene rings is 2. The van der Waals surface area contributed by atoms with Gasteiger partial charge in [0.15, 0.2) is 5.78 Å². The molecule has 2 aromatic carbocycles. The number of carbonyl (C=O) groups excluding carboxylic acids is 1. The van der Waals surface area contributed by atoms with Crippen LogP contribution in [0, 0.1) is 11.3 Å². The normalized spacial score (nSPS) is 12.7. The molecule has 0 N–H and O–H groups in total. The lowest BCUT2D eigenvalue weighted by Crippen LogP contribution is -1.94. The topological polar surface area (TPSA) is 50.1 Å². The van der Waals surface area contributed by atoms with Gasteiger partial charge in [-0.3, -0.25) is 4.79 Å². The van der Waals surface area contributed by atoms with Gasteiger partial charge in [0.1, 0.15) is 5.75 Å². The van der Waals surface area contributed by atoms with E-state index in [1.54, 1.807) is 30.4 Å². The highest BCUT2D eigenvalue weighted by Crippen LogP contribution is 2.26. The molecule has 0 bridgehead atoms. The van der Waals surface area contributed by atoms with Crippen molar-refractivity contribution in [1.82, 2.24) is 0 Å². The summed E-state index contributed by atoms with van der Waals surface area (Å²) in [6, 6.07) is 14.7. The van der Waals surface area contributed by atoms with Crippen molar-refractivity contribution in [2.75, 3.05) is 6.61 Å². The van der Waals surface area contributed by atoms with E-state index in [1.165, 1.54) is 0 Å². The summed E-state index contributed by atoms with van der Waals surface area (Å²) in [5.74, 6) is 0.844. The highest BCUT2D eigenvalue weighted by molar-refractivity contribution is 6.07. The zero-order valence-electron chi connectivity index (χ0n) is 11.4. The molecule has 2 aromatic rings. The van der Waals surface area contributed by atoms with E-state index in [4.69, 9.17) is 10.00 Å². The predicted molar refractivity (Wildman–Crippen MR) is 80.2 cm³/mol. The molecule has 0 saturated heterocycles. The summed E-state index contributed by atoms with van der Waals surface area (Å²) in [6.07, 6.45) is 4.17. The standard InChI is InChI=1S/C18H13NO2/c19-12-14-3-1-13(2-4-14)5-7-17(20)15-6-8-18-16(11-15)9-10-21-18/h1-8,11H,9-10H2. The molecule has 0 atom stereocenters. The van der Waals surface area contributed by atoms with Crippen molar-refractivity contribution in [2.24, 2.45) is 0 Å². The maximum Gasteiger partial charge on any atom is 0.185 e. The average molecular weight is 275 g/mol. The number of fused-ring (bicyclic) bond motifs is 1. The number of nitriles is 1. The molecule has 3 heteroatoms. The lowest BCUT2D eigenvalue weighted by Gasteiger charge is -2.01. The van der Waals surface area contributed by atoms with E-state index in [2.05, 4.69) is 6.07 Å². The summed E-state index contributed by atoms with van der Waals surface area (Å²) in [5.41, 5.74) is 3.26. The first-order chi connectivity index (χ1) is 10.3. The Morgan fingerprint density at radius 3 is 2.76 bits per heavy atom. The Balaban J connectivity index is 1.76. The highest BCUT2D eigenvalue weighted by Gasteiger charge is 2.13. The molecule has 0 radical (unpaired) electrons. The van der Waals surface area contributed by atoms with Gasteiger partial charge in [-0.05, 0) is 47.5 Å². The van der Waals surface area contributed by atoms with Crippen LogP contribution in [0.4, 0.5) is 0 Å². The summed E-state index contributed by atoms with van der Waals surface area (Å²) in [7, 11) is 0. The van der Waals surface area contributed by atoms with E-state index in [0.29, 0.717) is 17.7 Å². The quantitative estimate of drug-likeness (QED) is 0.637. The number of ketones is 1. The van der Waals surface area contributed by atoms with Crippen molar-refractivity contribution in [3.05, 3.63) is 70.8 Å². The average Bonchev–Trinajstić information content (AvgIpc) is 3.00. The number of carbonyl (C=O) groups is 1. The molecular weight excluding hydrogens is 262 g/mol. The van der Waals surface area contributed by atoms with Gasteiger partial charge in [-0.15, -0.1) is 0 Å². The minimum atomic E-state index is -0.0333. The van der Waals surface area contributed by atoms with Gasteiger partial charge >= 0.3 is 0 Å². The molecular formula is C18H13NO2. The van der Waals surface area contributed by atoms with Crippen LogP contribution < -0.4 is 4.74 Å². The lowest BCUT2D eigenvalue weighted by molar-refractivity contribution is 0.104. The molecule has 1 heterocycles. The number of allylic oxidation sites excluding steroid dienone is 1. The first-order valence-corrected chi connectivity index (χ1v) is 6.74. The number of hydrogen-bond acceptors (Lipinski definition) is 3. The molecule has 0 aromatic heterocycles. The zero-order chi connectivity index (χ0) is 14.7. The van der Waals surface area contributed by atoms with E-state index in [-0.39, 0.29) is 5.78 Å². The van der Waals surface area contributed by atoms with Crippen LogP contribution in [0.5, 0.6) is 5.75 Å². The molecule has 0 aliphatic carbocycles. The number of nitrogens with zero attached hydrogens (tertiary/aromatic N) is 1. The Morgan fingerprint density at radius 2 is 2.00 bits per heavy atom. The monoisotopic (exact) mass is 275 g/mol. The van der Waals surface area contributed by atoms with Gasteiger partial charge in [0.25, 0.3) is 0 Å². The second-order valence-corrected chi connectivity index (χ2v) is 4.85. The van der Waals surface area contributed by atoms with Crippen molar-refractivity contribution in [1.29, 1.82) is 5.26 Å². The number of ether oxygens (including phenoxy) is 1. The summed E-state index contributed by atoms with van der Waals surface area (Å²) in [5, 5.41) is 8.74. The van der Waals surface area contributed by atoms with Crippen LogP contribution in [0.25, 0.3) is 6.08 Å². The lowest BCUT2D eigenvalue weighted by atomic mass is 10.0. The molecule has 3 rings (SSSR count). The Bertz CT molecular complexity index is 752. The van der Waals surface area contributed by atoms with Crippen LogP contribution in [0.3, 0.4) is 0 Å². The Kier molecular flexibility index (Phi) is 3.53. The van der Waals surface area contributed by atoms with Gasteiger partial charge in [0.05, 0.1) is 18.2 Å². The third-order valence-electron chi connectivity index (χ3n) is 3.44. The fraction of sp³-hybridized carbons (Fsp3) is 0.111. The highest BCUT2D eigenvalue weighted by atomic mass is 16.5. The molecule has 1 aliphatic heterocycles. The summed E-state index contributed by atoms with van der Waals surface area (Å²) in [4.78, 5) is 12.2. The Hall–Kier alpha value is -2.86. The van der Waals surface area contributed by atoms with E-state index in [9.17, 15) is 4.79 Å². The Morgan fingerprint density at radius 1 is 1.19 bits per heavy atom. The number of hydrogen-bond donors (Lipinski definition) is 0. The van der Waals surface area contributed by atoms with E-state index in [1.807, 2.05) is 24.3 Å². The second kappa shape index (κ2) is 5.64. The first kappa shape index (κ1) is 13.1. The van der Waals surface area contributed by atoms with Crippen LogP contribution >= 0.6 is 0 Å². The second-order valence-electron chi connectivity index (χ2n) is 4.85. The van der Waals surface area contributed by atoms with Crippen LogP contribution in [-0.2, 0) is 6.42 Å². The number of rotatable bonds is 3. The molecule has 102 valence electrons. The maximum atomic E-state index is 12.2. The van der Waals surface area contributed by atoms with Gasteiger partial charge in [-0.25, -0.2) is 0 Å². The van der Waals surface area contributed by atoms with E-state index < -0.39 is 0 Å². The van der Waals surface area contributed by atoms with Crippen molar-refractivity contribution in [3.8, 4) is 11.8 Å². The fourth-order valence-corrected chi connectivity index (χ4v) is 2.28. The fourth-order valence-electron chi connectivity index (χ4n) is 2.28. The van der Waals surface area contributed by atoms with Crippen molar-refractivity contribution in [3.63, 3.8) is 0 Å². The summed E-state index contributed by atoms with van der Waals surface area (Å²) in [6.45, 7) is 0.689. The van der Waals surface area contributed by atoms with Gasteiger partial charge < -0.3 is 4.74 Å². The Labute approximate surface area is 123 Å². The van der Waals surface area contributed by atoms with Crippen LogP contribution in [0.2, 0.25) is 0 Å². The molecule has 21 heavy (non-hydrogen) atoms. The van der Waals surface area contributed by atoms with Crippen molar-refractivity contribution < 1.29 is 9.53 Å². The van der Waals surface area contributed by atoms with Crippen LogP contribution in [0.1, 0.15) is 27.0 Å².